The number of benzene rings is 2. The van der Waals surface area contributed by atoms with Crippen LogP contribution in [0.3, 0.4) is 0 Å². The van der Waals surface area contributed by atoms with Gasteiger partial charge in [-0.15, -0.1) is 0 Å². The second kappa shape index (κ2) is 18.8. The minimum absolute atomic E-state index is 0.0620. The highest BCUT2D eigenvalue weighted by atomic mass is 16.5. The zero-order chi connectivity index (χ0) is 41.6. The molecule has 14 nitrogen and oxygen atoms in total. The standard InChI is InChI=1S/C46H57N9O5/c1-30(2)59-39-28-55(29-39)46(58)49-25-35-5-4-34(24-31(35)3)41-14-19-47-45(51-41)50-36-6-8-37(9-7-36)54-22-15-32(16-23-54)27-53-20-17-33(18-21-53)40-11-10-38(26-48-40)60-42-12-13-43(56)52-44(42)57/h4-11,14,19,24,26,30,32-33,39,42H,12-13,15-18,20-23,25,27-29H2,1-3H3,(H,49,58)(H,47,50,51)(H,52,56,57). The monoisotopic (exact) mass is 815 g/mol. The molecule has 4 fully saturated rings. The number of aryl methyl sites for hydroxylation is 1. The smallest absolute Gasteiger partial charge is 0.317 e. The van der Waals surface area contributed by atoms with Crippen LogP contribution in [-0.4, -0.2) is 107 Å². The Labute approximate surface area is 352 Å². The molecule has 316 valence electrons. The summed E-state index contributed by atoms with van der Waals surface area (Å²) in [7, 11) is 0. The number of likely N-dealkylation sites (tertiary alicyclic amines) is 2. The Balaban J connectivity index is 0.751. The molecule has 6 heterocycles. The molecule has 1 unspecified atom stereocenters. The number of hydrogen-bond donors (Lipinski definition) is 3. The van der Waals surface area contributed by atoms with E-state index in [-0.39, 0.29) is 30.1 Å². The third-order valence-electron chi connectivity index (χ3n) is 12.2. The number of aromatic nitrogens is 3. The number of hydrogen-bond acceptors (Lipinski definition) is 11. The van der Waals surface area contributed by atoms with E-state index in [0.29, 0.717) is 56.0 Å². The molecule has 1 atom stereocenters. The van der Waals surface area contributed by atoms with Crippen LogP contribution in [0.4, 0.5) is 22.1 Å². The number of ether oxygens (including phenoxy) is 2. The number of nitrogens with one attached hydrogen (secondary N) is 3. The minimum atomic E-state index is -0.647. The fourth-order valence-corrected chi connectivity index (χ4v) is 8.68. The highest BCUT2D eigenvalue weighted by Crippen LogP contribution is 2.31. The number of urea groups is 1. The summed E-state index contributed by atoms with van der Waals surface area (Å²) < 4.78 is 11.6. The van der Waals surface area contributed by atoms with Gasteiger partial charge in [-0.25, -0.2) is 14.8 Å². The molecule has 3 N–H and O–H groups in total. The number of carbonyl (C=O) groups is 3. The summed E-state index contributed by atoms with van der Waals surface area (Å²) in [6.07, 6.45) is 8.34. The van der Waals surface area contributed by atoms with Crippen LogP contribution in [0.2, 0.25) is 0 Å². The van der Waals surface area contributed by atoms with E-state index in [9.17, 15) is 14.4 Å². The lowest BCUT2D eigenvalue weighted by Crippen LogP contribution is -2.58. The third-order valence-corrected chi connectivity index (χ3v) is 12.2. The number of nitrogens with zero attached hydrogens (tertiary/aromatic N) is 6. The summed E-state index contributed by atoms with van der Waals surface area (Å²) in [6.45, 7) is 13.2. The Bertz CT molecular complexity index is 2110. The summed E-state index contributed by atoms with van der Waals surface area (Å²) in [5, 5.41) is 8.76. The Morgan fingerprint density at radius 3 is 2.40 bits per heavy atom. The van der Waals surface area contributed by atoms with Gasteiger partial charge >= 0.3 is 6.03 Å². The first kappa shape index (κ1) is 41.1. The summed E-state index contributed by atoms with van der Waals surface area (Å²) in [6, 6.07) is 20.5. The minimum Gasteiger partial charge on any atom is -0.479 e. The molecule has 2 aromatic carbocycles. The number of rotatable bonds is 13. The maximum absolute atomic E-state index is 12.6. The number of amides is 4. The van der Waals surface area contributed by atoms with Gasteiger partial charge in [0.25, 0.3) is 5.91 Å². The van der Waals surface area contributed by atoms with E-state index in [4.69, 9.17) is 14.5 Å². The van der Waals surface area contributed by atoms with Crippen LogP contribution in [0.5, 0.6) is 5.75 Å². The van der Waals surface area contributed by atoms with Crippen molar-refractivity contribution in [2.24, 2.45) is 5.92 Å². The van der Waals surface area contributed by atoms with Crippen LogP contribution in [0.25, 0.3) is 11.3 Å². The van der Waals surface area contributed by atoms with Crippen LogP contribution >= 0.6 is 0 Å². The first-order valence-electron chi connectivity index (χ1n) is 21.5. The van der Waals surface area contributed by atoms with Gasteiger partial charge in [-0.2, -0.15) is 0 Å². The lowest BCUT2D eigenvalue weighted by Gasteiger charge is -2.39. The molecule has 14 heteroatoms. The molecule has 60 heavy (non-hydrogen) atoms. The molecule has 4 aromatic rings. The Morgan fingerprint density at radius 2 is 1.70 bits per heavy atom. The van der Waals surface area contributed by atoms with Crippen molar-refractivity contribution in [3.63, 3.8) is 0 Å². The molecule has 0 spiro atoms. The lowest BCUT2D eigenvalue weighted by atomic mass is 9.90. The van der Waals surface area contributed by atoms with Crippen LogP contribution in [0, 0.1) is 12.8 Å². The number of carbonyl (C=O) groups excluding carboxylic acids is 3. The van der Waals surface area contributed by atoms with Gasteiger partial charge in [-0.3, -0.25) is 19.9 Å². The van der Waals surface area contributed by atoms with Crippen LogP contribution in [0.1, 0.15) is 75.1 Å². The Hall–Kier alpha value is -5.60. The lowest BCUT2D eigenvalue weighted by molar-refractivity contribution is -0.138. The van der Waals surface area contributed by atoms with E-state index in [1.54, 1.807) is 17.3 Å². The molecule has 0 radical (unpaired) electrons. The number of pyridine rings is 1. The molecular weight excluding hydrogens is 759 g/mol. The highest BCUT2D eigenvalue weighted by molar-refractivity contribution is 5.99. The van der Waals surface area contributed by atoms with E-state index in [1.165, 1.54) is 18.5 Å². The van der Waals surface area contributed by atoms with Crippen LogP contribution in [0.15, 0.2) is 73.1 Å². The zero-order valence-corrected chi connectivity index (χ0v) is 34.9. The number of piperidine rings is 3. The first-order chi connectivity index (χ1) is 29.1. The van der Waals surface area contributed by atoms with Gasteiger partial charge in [0.1, 0.15) is 5.75 Å². The van der Waals surface area contributed by atoms with Crippen molar-refractivity contribution in [2.75, 3.05) is 56.0 Å². The van der Waals surface area contributed by atoms with Crippen molar-refractivity contribution in [3.05, 3.63) is 89.9 Å². The zero-order valence-electron chi connectivity index (χ0n) is 34.9. The maximum Gasteiger partial charge on any atom is 0.317 e. The molecule has 4 amide bonds. The van der Waals surface area contributed by atoms with Gasteiger partial charge in [-0.1, -0.05) is 12.1 Å². The van der Waals surface area contributed by atoms with Crippen molar-refractivity contribution >= 4 is 35.2 Å². The molecule has 0 bridgehead atoms. The second-order valence-corrected chi connectivity index (χ2v) is 16.9. The highest BCUT2D eigenvalue weighted by Gasteiger charge is 2.32. The Morgan fingerprint density at radius 1 is 0.917 bits per heavy atom. The van der Waals surface area contributed by atoms with Gasteiger partial charge in [0.2, 0.25) is 11.9 Å². The quantitative estimate of drug-likeness (QED) is 0.133. The molecule has 4 saturated heterocycles. The number of anilines is 3. The molecular formula is C46H57N9O5. The van der Waals surface area contributed by atoms with E-state index in [0.717, 1.165) is 79.3 Å². The van der Waals surface area contributed by atoms with Gasteiger partial charge in [0.15, 0.2) is 6.10 Å². The van der Waals surface area contributed by atoms with Gasteiger partial charge < -0.3 is 34.8 Å². The van der Waals surface area contributed by atoms with Crippen molar-refractivity contribution < 1.29 is 23.9 Å². The second-order valence-electron chi connectivity index (χ2n) is 16.9. The fourth-order valence-electron chi connectivity index (χ4n) is 8.68. The Kier molecular flexibility index (Phi) is 12.9. The molecule has 4 aliphatic rings. The summed E-state index contributed by atoms with van der Waals surface area (Å²) in [4.78, 5) is 56.9. The van der Waals surface area contributed by atoms with Crippen molar-refractivity contribution in [3.8, 4) is 17.0 Å². The molecule has 0 saturated carbocycles. The van der Waals surface area contributed by atoms with Gasteiger partial charge in [0, 0.05) is 73.8 Å². The molecule has 0 aliphatic carbocycles. The normalized spacial score (nSPS) is 19.6. The maximum atomic E-state index is 12.6. The predicted molar refractivity (Wildman–Crippen MR) is 230 cm³/mol. The predicted octanol–water partition coefficient (Wildman–Crippen LogP) is 6.19. The molecule has 4 aliphatic heterocycles. The van der Waals surface area contributed by atoms with E-state index in [1.807, 2.05) is 38.1 Å². The summed E-state index contributed by atoms with van der Waals surface area (Å²) >= 11 is 0. The van der Waals surface area contributed by atoms with E-state index in [2.05, 4.69) is 79.0 Å². The van der Waals surface area contributed by atoms with Gasteiger partial charge in [-0.05, 0) is 125 Å². The van der Waals surface area contributed by atoms with Crippen LogP contribution in [-0.2, 0) is 20.9 Å². The fraction of sp³-hybridized carbons (Fsp3) is 0.478. The largest absolute Gasteiger partial charge is 0.479 e. The van der Waals surface area contributed by atoms with E-state index < -0.39 is 6.10 Å². The van der Waals surface area contributed by atoms with Crippen LogP contribution < -0.4 is 25.6 Å². The third kappa shape index (κ3) is 10.4. The van der Waals surface area contributed by atoms with Crippen molar-refractivity contribution in [1.82, 2.24) is 35.4 Å². The average molecular weight is 816 g/mol. The van der Waals surface area contributed by atoms with E-state index >= 15 is 0 Å². The topological polar surface area (TPSA) is 154 Å². The van der Waals surface area contributed by atoms with Crippen molar-refractivity contribution in [2.45, 2.75) is 90.1 Å². The average Bonchev–Trinajstić information content (AvgIpc) is 3.24. The van der Waals surface area contributed by atoms with Crippen molar-refractivity contribution in [1.29, 1.82) is 0 Å². The molecule has 2 aromatic heterocycles. The SMILES string of the molecule is Cc1cc(-c2ccnc(Nc3ccc(N4CCC(CN5CCC(c6ccc(OC7CCC(=O)NC7=O)cn6)CC5)CC4)cc3)n2)ccc1CNC(=O)N1CC(OC(C)C)C1. The summed E-state index contributed by atoms with van der Waals surface area (Å²) in [5.41, 5.74) is 7.22. The number of imide groups is 1. The van der Waals surface area contributed by atoms with Gasteiger partial charge in [0.05, 0.1) is 37.2 Å². The summed E-state index contributed by atoms with van der Waals surface area (Å²) in [5.74, 6) is 1.59. The first-order valence-corrected chi connectivity index (χ1v) is 21.5. The molecule has 8 rings (SSSR count).